The first-order valence-corrected chi connectivity index (χ1v) is 12.8. The van der Waals surface area contributed by atoms with Crippen LogP contribution in [0.25, 0.3) is 0 Å². The molecule has 0 aromatic heterocycles. The first kappa shape index (κ1) is 16.0. The summed E-state index contributed by atoms with van der Waals surface area (Å²) < 4.78 is 13.6. The summed E-state index contributed by atoms with van der Waals surface area (Å²) in [5.74, 6) is 1.95. The van der Waals surface area contributed by atoms with Crippen LogP contribution in [0.5, 0.6) is 0 Å². The summed E-state index contributed by atoms with van der Waals surface area (Å²) in [5.41, 5.74) is 0. The molecule has 0 radical (unpaired) electrons. The fourth-order valence-electron chi connectivity index (χ4n) is 2.17. The molecule has 0 aliphatic rings. The molecule has 0 spiro atoms. The predicted molar refractivity (Wildman–Crippen MR) is 97.1 cm³/mol. The third-order valence-electron chi connectivity index (χ3n) is 3.33. The minimum absolute atomic E-state index is 0.906. The van der Waals surface area contributed by atoms with E-state index >= 15 is 0 Å². The first-order valence-electron chi connectivity index (χ1n) is 7.30. The van der Waals surface area contributed by atoms with Crippen LogP contribution in [0.3, 0.4) is 0 Å². The van der Waals surface area contributed by atoms with E-state index in [0.717, 1.165) is 16.7 Å². The van der Waals surface area contributed by atoms with Gasteiger partial charge in [-0.05, 0) is 11.9 Å². The molecule has 2 rings (SSSR count). The molecule has 0 N–H and O–H groups in total. The van der Waals surface area contributed by atoms with Crippen molar-refractivity contribution in [3.8, 4) is 0 Å². The lowest BCUT2D eigenvalue weighted by Gasteiger charge is -2.17. The van der Waals surface area contributed by atoms with Gasteiger partial charge in [0.1, 0.15) is 0 Å². The average molecular weight is 314 g/mol. The van der Waals surface area contributed by atoms with Gasteiger partial charge in [-0.25, -0.2) is 0 Å². The average Bonchev–Trinajstić information content (AvgIpc) is 2.47. The smallest absolute Gasteiger partial charge is 0.163 e. The van der Waals surface area contributed by atoms with Crippen molar-refractivity contribution in [3.05, 3.63) is 72.6 Å². The molecule has 2 aromatic rings. The summed E-state index contributed by atoms with van der Waals surface area (Å²) in [7, 11) is -3.84. The van der Waals surface area contributed by atoms with Crippen LogP contribution in [0.1, 0.15) is 0 Å². The lowest BCUT2D eigenvalue weighted by Crippen LogP contribution is -2.18. The Bertz CT molecular complexity index is 598. The molecule has 110 valence electrons. The molecule has 0 heterocycles. The molecule has 0 amide bonds. The van der Waals surface area contributed by atoms with E-state index in [9.17, 15) is 4.57 Å². The van der Waals surface area contributed by atoms with Crippen molar-refractivity contribution < 1.29 is 4.57 Å². The summed E-state index contributed by atoms with van der Waals surface area (Å²) in [6, 6.07) is 20.7. The molecule has 21 heavy (non-hydrogen) atoms. The van der Waals surface area contributed by atoms with Crippen LogP contribution in [-0.2, 0) is 4.57 Å². The third kappa shape index (κ3) is 4.29. The summed E-state index contributed by atoms with van der Waals surface area (Å²) >= 11 is 0. The largest absolute Gasteiger partial charge is 0.309 e. The van der Waals surface area contributed by atoms with Crippen LogP contribution in [0.2, 0.25) is 25.7 Å². The summed E-state index contributed by atoms with van der Waals surface area (Å²) in [4.78, 5) is 0. The maximum Gasteiger partial charge on any atom is 0.163 e. The zero-order chi connectivity index (χ0) is 15.3. The van der Waals surface area contributed by atoms with Gasteiger partial charge in [0.2, 0.25) is 0 Å². The van der Waals surface area contributed by atoms with Gasteiger partial charge in [-0.2, -0.15) is 0 Å². The van der Waals surface area contributed by atoms with E-state index in [0.29, 0.717) is 0 Å². The topological polar surface area (TPSA) is 17.1 Å². The van der Waals surface area contributed by atoms with Crippen molar-refractivity contribution in [1.29, 1.82) is 0 Å². The summed E-state index contributed by atoms with van der Waals surface area (Å²) in [5, 5.41) is 1.81. The van der Waals surface area contributed by atoms with E-state index in [-0.39, 0.29) is 0 Å². The quantitative estimate of drug-likeness (QED) is 0.569. The highest BCUT2D eigenvalue weighted by Crippen LogP contribution is 2.45. The minimum atomic E-state index is -2.67. The van der Waals surface area contributed by atoms with E-state index in [2.05, 4.69) is 25.7 Å². The third-order valence-corrected chi connectivity index (χ3v) is 7.55. The van der Waals surface area contributed by atoms with Crippen molar-refractivity contribution >= 4 is 25.8 Å². The van der Waals surface area contributed by atoms with Gasteiger partial charge >= 0.3 is 0 Å². The van der Waals surface area contributed by atoms with Crippen LogP contribution < -0.4 is 10.6 Å². The second-order valence-electron chi connectivity index (χ2n) is 6.48. The van der Waals surface area contributed by atoms with Crippen molar-refractivity contribution in [2.45, 2.75) is 25.7 Å². The van der Waals surface area contributed by atoms with Crippen LogP contribution in [-0.4, -0.2) is 8.07 Å². The lowest BCUT2D eigenvalue weighted by atomic mass is 10.4. The molecule has 0 unspecified atom stereocenters. The molecule has 0 aliphatic carbocycles. The Kier molecular flexibility index (Phi) is 5.03. The van der Waals surface area contributed by atoms with Crippen LogP contribution in [0, 0.1) is 0 Å². The van der Waals surface area contributed by atoms with E-state index in [4.69, 9.17) is 0 Å². The molecular formula is C18H23OPSi. The second-order valence-corrected chi connectivity index (χ2v) is 14.7. The maximum atomic E-state index is 13.6. The Balaban J connectivity index is 2.43. The van der Waals surface area contributed by atoms with E-state index in [1.54, 1.807) is 0 Å². The van der Waals surface area contributed by atoms with E-state index in [1.165, 1.54) is 0 Å². The van der Waals surface area contributed by atoms with Crippen molar-refractivity contribution in [2.24, 2.45) is 0 Å². The Morgan fingerprint density at radius 2 is 1.29 bits per heavy atom. The highest BCUT2D eigenvalue weighted by Gasteiger charge is 2.23. The number of hydrogen-bond acceptors (Lipinski definition) is 1. The molecule has 3 heteroatoms. The number of allylic oxidation sites excluding steroid dienone is 1. The van der Waals surface area contributed by atoms with E-state index < -0.39 is 15.2 Å². The van der Waals surface area contributed by atoms with Crippen LogP contribution in [0.4, 0.5) is 0 Å². The zero-order valence-corrected chi connectivity index (χ0v) is 14.9. The number of rotatable bonds is 5. The van der Waals surface area contributed by atoms with Crippen LogP contribution in [0.15, 0.2) is 72.6 Å². The molecule has 1 nitrogen and oxygen atoms in total. The van der Waals surface area contributed by atoms with Gasteiger partial charge in [-0.1, -0.05) is 86.4 Å². The maximum absolute atomic E-state index is 13.6. The molecule has 0 fully saturated rings. The first-order chi connectivity index (χ1) is 9.92. The van der Waals surface area contributed by atoms with Gasteiger partial charge in [-0.3, -0.25) is 0 Å². The SMILES string of the molecule is C[Si](C)(C)C/C=C/P(=O)(c1ccccc1)c1ccccc1. The molecule has 2 aromatic carbocycles. The minimum Gasteiger partial charge on any atom is -0.309 e. The van der Waals surface area contributed by atoms with Gasteiger partial charge in [0.25, 0.3) is 0 Å². The van der Waals surface area contributed by atoms with Gasteiger partial charge in [0.15, 0.2) is 7.14 Å². The van der Waals surface area contributed by atoms with Crippen molar-refractivity contribution in [1.82, 2.24) is 0 Å². The Morgan fingerprint density at radius 3 is 1.67 bits per heavy atom. The Morgan fingerprint density at radius 1 is 0.857 bits per heavy atom. The molecule has 0 saturated heterocycles. The fraction of sp³-hybridized carbons (Fsp3) is 0.222. The second kappa shape index (κ2) is 6.59. The Hall–Kier alpha value is -1.37. The van der Waals surface area contributed by atoms with Gasteiger partial charge in [-0.15, -0.1) is 0 Å². The van der Waals surface area contributed by atoms with Crippen LogP contribution >= 0.6 is 7.14 Å². The molecule has 0 saturated carbocycles. The molecule has 0 bridgehead atoms. The zero-order valence-electron chi connectivity index (χ0n) is 13.0. The molecule has 0 atom stereocenters. The standard InChI is InChI=1S/C18H23OPSi/c1-21(2,3)16-10-15-20(19,17-11-6-4-7-12-17)18-13-8-5-9-14-18/h4-15H,16H2,1-3H3/b15-10+. The predicted octanol–water partition coefficient (Wildman–Crippen LogP) is 4.85. The van der Waals surface area contributed by atoms with Crippen molar-refractivity contribution in [3.63, 3.8) is 0 Å². The summed E-state index contributed by atoms with van der Waals surface area (Å²) in [6.45, 7) is 6.98. The Labute approximate surface area is 129 Å². The lowest BCUT2D eigenvalue weighted by molar-refractivity contribution is 0.592. The highest BCUT2D eigenvalue weighted by molar-refractivity contribution is 7.81. The van der Waals surface area contributed by atoms with Gasteiger partial charge in [0, 0.05) is 18.7 Å². The molecule has 0 aliphatic heterocycles. The van der Waals surface area contributed by atoms with Gasteiger partial charge in [0.05, 0.1) is 0 Å². The van der Waals surface area contributed by atoms with Crippen molar-refractivity contribution in [2.75, 3.05) is 0 Å². The monoisotopic (exact) mass is 314 g/mol. The highest BCUT2D eigenvalue weighted by atomic mass is 31.2. The van der Waals surface area contributed by atoms with Gasteiger partial charge < -0.3 is 4.57 Å². The number of benzene rings is 2. The number of hydrogen-bond donors (Lipinski definition) is 0. The fourth-order valence-corrected chi connectivity index (χ4v) is 5.47. The molecular weight excluding hydrogens is 291 g/mol. The summed E-state index contributed by atoms with van der Waals surface area (Å²) in [6.07, 6.45) is 2.13. The van der Waals surface area contributed by atoms with E-state index in [1.807, 2.05) is 66.5 Å². The normalized spacial score (nSPS) is 12.7.